The van der Waals surface area contributed by atoms with Crippen molar-refractivity contribution in [3.05, 3.63) is 58.0 Å². The number of nitro benzene ring substituents is 1. The van der Waals surface area contributed by atoms with Crippen molar-refractivity contribution in [3.8, 4) is 28.4 Å². The van der Waals surface area contributed by atoms with Crippen molar-refractivity contribution < 1.29 is 19.2 Å². The number of rotatable bonds is 7. The van der Waals surface area contributed by atoms with Crippen LogP contribution in [0.3, 0.4) is 0 Å². The Morgan fingerprint density at radius 2 is 2.00 bits per heavy atom. The van der Waals surface area contributed by atoms with E-state index in [0.717, 1.165) is 5.69 Å². The van der Waals surface area contributed by atoms with Crippen molar-refractivity contribution in [1.82, 2.24) is 15.0 Å². The molecule has 9 nitrogen and oxygen atoms in total. The van der Waals surface area contributed by atoms with E-state index in [1.807, 2.05) is 25.1 Å². The van der Waals surface area contributed by atoms with Gasteiger partial charge in [0.15, 0.2) is 12.4 Å². The van der Waals surface area contributed by atoms with E-state index in [-0.39, 0.29) is 18.0 Å². The van der Waals surface area contributed by atoms with E-state index in [1.165, 1.54) is 12.1 Å². The van der Waals surface area contributed by atoms with Crippen molar-refractivity contribution >= 4 is 11.7 Å². The number of nitrogens with zero attached hydrogens (tertiary/aromatic N) is 3. The van der Waals surface area contributed by atoms with Crippen LogP contribution in [0.2, 0.25) is 0 Å². The fourth-order valence-corrected chi connectivity index (χ4v) is 2.84. The predicted octanol–water partition coefficient (Wildman–Crippen LogP) is 3.61. The van der Waals surface area contributed by atoms with Crippen LogP contribution < -0.4 is 4.74 Å². The number of aryl methyl sites for hydroxylation is 2. The Labute approximate surface area is 166 Å². The fraction of sp³-hybridized carbons (Fsp3) is 0.250. The van der Waals surface area contributed by atoms with E-state index in [0.29, 0.717) is 28.5 Å². The summed E-state index contributed by atoms with van der Waals surface area (Å²) < 4.78 is 10.1. The van der Waals surface area contributed by atoms with Crippen LogP contribution in [-0.4, -0.2) is 39.1 Å². The van der Waals surface area contributed by atoms with Crippen LogP contribution in [0.4, 0.5) is 5.69 Å². The molecule has 0 saturated heterocycles. The number of benzene rings is 1. The van der Waals surface area contributed by atoms with Crippen LogP contribution in [-0.2, 0) is 9.53 Å². The number of nitro groups is 1. The zero-order valence-corrected chi connectivity index (χ0v) is 16.3. The van der Waals surface area contributed by atoms with Gasteiger partial charge in [0, 0.05) is 17.3 Å². The molecule has 3 aromatic rings. The Bertz CT molecular complexity index is 1060. The van der Waals surface area contributed by atoms with Gasteiger partial charge >= 0.3 is 11.7 Å². The summed E-state index contributed by atoms with van der Waals surface area (Å²) >= 11 is 0. The molecule has 9 heteroatoms. The molecule has 150 valence electrons. The van der Waals surface area contributed by atoms with Gasteiger partial charge in [-0.15, -0.1) is 0 Å². The number of hydrogen-bond acceptors (Lipinski definition) is 7. The molecule has 1 N–H and O–H groups in total. The molecule has 0 aliphatic carbocycles. The summed E-state index contributed by atoms with van der Waals surface area (Å²) in [6, 6.07) is 10.1. The molecule has 0 aliphatic heterocycles. The first-order chi connectivity index (χ1) is 13.9. The van der Waals surface area contributed by atoms with Crippen molar-refractivity contribution in [2.75, 3.05) is 13.2 Å². The Morgan fingerprint density at radius 1 is 1.21 bits per heavy atom. The van der Waals surface area contributed by atoms with Crippen LogP contribution in [0.5, 0.6) is 5.75 Å². The number of imidazole rings is 1. The van der Waals surface area contributed by atoms with Crippen LogP contribution in [0, 0.1) is 24.0 Å². The summed E-state index contributed by atoms with van der Waals surface area (Å²) in [6.45, 7) is 5.15. The normalized spacial score (nSPS) is 10.6. The SMILES string of the molecule is CCOC(=O)COc1ccc(-c2nc(C)[nH]c2-c2cccc(C)n2)cc1[N+](=O)[O-]. The Morgan fingerprint density at radius 3 is 2.69 bits per heavy atom. The minimum Gasteiger partial charge on any atom is -0.475 e. The molecule has 0 amide bonds. The summed E-state index contributed by atoms with van der Waals surface area (Å²) in [6.07, 6.45) is 0. The standard InChI is InChI=1S/C20H20N4O5/c1-4-28-18(25)11-29-17-9-8-14(10-16(17)24(26)27)19-20(23-13(3)22-19)15-7-5-6-12(2)21-15/h5-10H,4,11H2,1-3H3,(H,22,23). The molecular weight excluding hydrogens is 376 g/mol. The molecule has 0 aliphatic rings. The zero-order valence-electron chi connectivity index (χ0n) is 16.3. The summed E-state index contributed by atoms with van der Waals surface area (Å²) in [7, 11) is 0. The minimum absolute atomic E-state index is 0.0192. The van der Waals surface area contributed by atoms with Gasteiger partial charge in [-0.1, -0.05) is 6.07 Å². The zero-order chi connectivity index (χ0) is 21.0. The first kappa shape index (κ1) is 20.0. The number of ether oxygens (including phenoxy) is 2. The quantitative estimate of drug-likeness (QED) is 0.368. The molecule has 0 bridgehead atoms. The van der Waals surface area contributed by atoms with Gasteiger partial charge in [0.1, 0.15) is 5.82 Å². The first-order valence-electron chi connectivity index (χ1n) is 8.97. The second kappa shape index (κ2) is 8.51. The van der Waals surface area contributed by atoms with E-state index in [9.17, 15) is 14.9 Å². The number of hydrogen-bond donors (Lipinski definition) is 1. The summed E-state index contributed by atoms with van der Waals surface area (Å²) in [5.41, 5.74) is 3.00. The molecule has 0 saturated carbocycles. The van der Waals surface area contributed by atoms with Gasteiger partial charge in [0.05, 0.1) is 28.6 Å². The number of aromatic nitrogens is 3. The highest BCUT2D eigenvalue weighted by Gasteiger charge is 2.21. The second-order valence-corrected chi connectivity index (χ2v) is 6.24. The van der Waals surface area contributed by atoms with Crippen molar-refractivity contribution in [2.45, 2.75) is 20.8 Å². The molecule has 0 radical (unpaired) electrons. The van der Waals surface area contributed by atoms with Gasteiger partial charge in [-0.2, -0.15) is 0 Å². The number of nitrogens with one attached hydrogen (secondary N) is 1. The third-order valence-electron chi connectivity index (χ3n) is 4.05. The first-order valence-corrected chi connectivity index (χ1v) is 8.97. The summed E-state index contributed by atoms with van der Waals surface area (Å²) in [4.78, 5) is 34.6. The fourth-order valence-electron chi connectivity index (χ4n) is 2.84. The van der Waals surface area contributed by atoms with Crippen molar-refractivity contribution in [3.63, 3.8) is 0 Å². The number of carbonyl (C=O) groups is 1. The third kappa shape index (κ3) is 4.57. The van der Waals surface area contributed by atoms with Crippen molar-refractivity contribution in [1.29, 1.82) is 0 Å². The molecular formula is C20H20N4O5. The lowest BCUT2D eigenvalue weighted by Gasteiger charge is -2.08. The number of pyridine rings is 1. The van der Waals surface area contributed by atoms with E-state index in [1.54, 1.807) is 19.9 Å². The highest BCUT2D eigenvalue weighted by atomic mass is 16.6. The lowest BCUT2D eigenvalue weighted by molar-refractivity contribution is -0.385. The largest absolute Gasteiger partial charge is 0.475 e. The van der Waals surface area contributed by atoms with Crippen LogP contribution in [0.1, 0.15) is 18.4 Å². The molecule has 29 heavy (non-hydrogen) atoms. The van der Waals surface area contributed by atoms with Gasteiger partial charge in [0.25, 0.3) is 0 Å². The number of aromatic amines is 1. The van der Waals surface area contributed by atoms with E-state index in [4.69, 9.17) is 9.47 Å². The number of carbonyl (C=O) groups excluding carboxylic acids is 1. The van der Waals surface area contributed by atoms with Gasteiger partial charge in [-0.25, -0.2) is 9.78 Å². The Kier molecular flexibility index (Phi) is 5.87. The smallest absolute Gasteiger partial charge is 0.344 e. The molecule has 3 rings (SSSR count). The highest BCUT2D eigenvalue weighted by Crippen LogP contribution is 2.35. The maximum absolute atomic E-state index is 11.5. The molecule has 0 fully saturated rings. The van der Waals surface area contributed by atoms with Crippen molar-refractivity contribution in [2.24, 2.45) is 0 Å². The Hall–Kier alpha value is -3.75. The molecule has 0 atom stereocenters. The predicted molar refractivity (Wildman–Crippen MR) is 106 cm³/mol. The topological polar surface area (TPSA) is 120 Å². The second-order valence-electron chi connectivity index (χ2n) is 6.24. The number of esters is 1. The average Bonchev–Trinajstić information content (AvgIpc) is 3.08. The molecule has 1 aromatic carbocycles. The monoisotopic (exact) mass is 396 g/mol. The average molecular weight is 396 g/mol. The lowest BCUT2D eigenvalue weighted by Crippen LogP contribution is -2.15. The highest BCUT2D eigenvalue weighted by molar-refractivity contribution is 5.79. The lowest BCUT2D eigenvalue weighted by atomic mass is 10.1. The third-order valence-corrected chi connectivity index (χ3v) is 4.05. The van der Waals surface area contributed by atoms with Gasteiger partial charge in [-0.05, 0) is 45.0 Å². The van der Waals surface area contributed by atoms with E-state index in [2.05, 4.69) is 15.0 Å². The Balaban J connectivity index is 1.99. The van der Waals surface area contributed by atoms with E-state index < -0.39 is 17.5 Å². The molecule has 2 heterocycles. The van der Waals surface area contributed by atoms with Crippen LogP contribution in [0.15, 0.2) is 36.4 Å². The van der Waals surface area contributed by atoms with Gasteiger partial charge in [0.2, 0.25) is 0 Å². The number of H-pyrrole nitrogens is 1. The van der Waals surface area contributed by atoms with Gasteiger partial charge in [-0.3, -0.25) is 15.1 Å². The maximum Gasteiger partial charge on any atom is 0.344 e. The summed E-state index contributed by atoms with van der Waals surface area (Å²) in [5, 5.41) is 11.5. The molecule has 2 aromatic heterocycles. The van der Waals surface area contributed by atoms with Crippen LogP contribution in [0.25, 0.3) is 22.6 Å². The van der Waals surface area contributed by atoms with Crippen LogP contribution >= 0.6 is 0 Å². The molecule has 0 spiro atoms. The van der Waals surface area contributed by atoms with Gasteiger partial charge < -0.3 is 14.5 Å². The van der Waals surface area contributed by atoms with E-state index >= 15 is 0 Å². The minimum atomic E-state index is -0.596. The summed E-state index contributed by atoms with van der Waals surface area (Å²) in [5.74, 6) is 0.0412. The molecule has 0 unspecified atom stereocenters. The maximum atomic E-state index is 11.5.